The zero-order chi connectivity index (χ0) is 17.4. The van der Waals surface area contributed by atoms with E-state index >= 15 is 0 Å². The lowest BCUT2D eigenvalue weighted by atomic mass is 10.1. The molecule has 0 bridgehead atoms. The molecule has 1 saturated heterocycles. The Morgan fingerprint density at radius 3 is 2.76 bits per heavy atom. The largest absolute Gasteiger partial charge is 0.328 e. The maximum atomic E-state index is 13.5. The minimum absolute atomic E-state index is 0.153. The molecule has 25 heavy (non-hydrogen) atoms. The van der Waals surface area contributed by atoms with Gasteiger partial charge in [0.2, 0.25) is 0 Å². The Morgan fingerprint density at radius 2 is 1.92 bits per heavy atom. The van der Waals surface area contributed by atoms with Crippen molar-refractivity contribution in [1.82, 2.24) is 19.7 Å². The number of hydrogen-bond acceptors (Lipinski definition) is 3. The molecule has 0 aliphatic carbocycles. The number of rotatable bonds is 2. The molecule has 5 nitrogen and oxygen atoms in total. The van der Waals surface area contributed by atoms with E-state index in [2.05, 4.69) is 14.8 Å². The van der Waals surface area contributed by atoms with Crippen molar-refractivity contribution in [2.45, 2.75) is 51.1 Å². The highest BCUT2D eigenvalue weighted by Gasteiger charge is 2.35. The summed E-state index contributed by atoms with van der Waals surface area (Å²) in [5.41, 5.74) is 0.168. The van der Waals surface area contributed by atoms with Crippen molar-refractivity contribution in [2.24, 2.45) is 0 Å². The number of benzene rings is 1. The van der Waals surface area contributed by atoms with E-state index in [9.17, 15) is 13.6 Å². The summed E-state index contributed by atoms with van der Waals surface area (Å²) >= 11 is 0. The van der Waals surface area contributed by atoms with Gasteiger partial charge in [-0.1, -0.05) is 6.42 Å². The van der Waals surface area contributed by atoms with Gasteiger partial charge < -0.3 is 9.47 Å². The van der Waals surface area contributed by atoms with Crippen LogP contribution in [0, 0.1) is 11.6 Å². The van der Waals surface area contributed by atoms with Crippen LogP contribution in [0.4, 0.5) is 8.78 Å². The van der Waals surface area contributed by atoms with Crippen molar-refractivity contribution >= 4 is 5.91 Å². The van der Waals surface area contributed by atoms with Crippen molar-refractivity contribution in [2.75, 3.05) is 6.54 Å². The molecule has 1 aromatic heterocycles. The number of likely N-dealkylation sites (tertiary alicyclic amines) is 1. The summed E-state index contributed by atoms with van der Waals surface area (Å²) in [6, 6.07) is 3.15. The first-order valence-corrected chi connectivity index (χ1v) is 8.83. The average Bonchev–Trinajstić information content (AvgIpc) is 3.17. The minimum atomic E-state index is -1.00. The fourth-order valence-electron chi connectivity index (χ4n) is 3.83. The molecule has 7 heteroatoms. The molecule has 3 heterocycles. The Kier molecular flexibility index (Phi) is 4.23. The monoisotopic (exact) mass is 346 g/mol. The number of carbonyl (C=O) groups is 1. The second-order valence-electron chi connectivity index (χ2n) is 6.72. The molecule has 2 aromatic rings. The van der Waals surface area contributed by atoms with Crippen LogP contribution < -0.4 is 0 Å². The van der Waals surface area contributed by atoms with E-state index in [4.69, 9.17) is 0 Å². The smallest absolute Gasteiger partial charge is 0.254 e. The number of aromatic nitrogens is 3. The van der Waals surface area contributed by atoms with E-state index in [1.54, 1.807) is 4.90 Å². The van der Waals surface area contributed by atoms with Crippen molar-refractivity contribution in [3.8, 4) is 0 Å². The van der Waals surface area contributed by atoms with Gasteiger partial charge in [0.15, 0.2) is 17.5 Å². The van der Waals surface area contributed by atoms with Crippen molar-refractivity contribution in [3.05, 3.63) is 47.0 Å². The molecule has 1 amide bonds. The highest BCUT2D eigenvalue weighted by Crippen LogP contribution is 2.33. The molecular formula is C18H20F2N4O. The van der Waals surface area contributed by atoms with E-state index in [-0.39, 0.29) is 17.5 Å². The summed E-state index contributed by atoms with van der Waals surface area (Å²) in [6.07, 6.45) is 5.96. The van der Waals surface area contributed by atoms with Crippen LogP contribution >= 0.6 is 0 Å². The number of aryl methyl sites for hydroxylation is 1. The molecular weight excluding hydrogens is 326 g/mol. The lowest BCUT2D eigenvalue weighted by Gasteiger charge is -2.25. The normalized spacial score (nSPS) is 20.4. The maximum absolute atomic E-state index is 13.5. The van der Waals surface area contributed by atoms with Crippen LogP contribution in [0.5, 0.6) is 0 Å². The Morgan fingerprint density at radius 1 is 1.04 bits per heavy atom. The number of nitrogens with zero attached hydrogens (tertiary/aromatic N) is 4. The topological polar surface area (TPSA) is 51.0 Å². The summed E-state index contributed by atoms with van der Waals surface area (Å²) in [6.45, 7) is 1.46. The second-order valence-corrected chi connectivity index (χ2v) is 6.72. The molecule has 0 radical (unpaired) electrons. The standard InChI is InChI=1S/C18H20F2N4O/c19-13-8-7-12(11-14(13)20)18(25)23-10-4-5-15(23)17-22-21-16-6-2-1-3-9-24(16)17/h7-8,11,15H,1-6,9-10H2. The number of carbonyl (C=O) groups excluding carboxylic acids is 1. The van der Waals surface area contributed by atoms with Crippen LogP contribution in [0.15, 0.2) is 18.2 Å². The molecule has 0 N–H and O–H groups in total. The molecule has 1 atom stereocenters. The van der Waals surface area contributed by atoms with Crippen molar-refractivity contribution in [3.63, 3.8) is 0 Å². The summed E-state index contributed by atoms with van der Waals surface area (Å²) < 4.78 is 28.8. The SMILES string of the molecule is O=C(c1ccc(F)c(F)c1)N1CCCC1c1nnc2n1CCCCC2. The van der Waals surface area contributed by atoms with Gasteiger partial charge in [0.05, 0.1) is 6.04 Å². The van der Waals surface area contributed by atoms with Gasteiger partial charge in [-0.15, -0.1) is 10.2 Å². The Labute approximate surface area is 144 Å². The number of halogens is 2. The quantitative estimate of drug-likeness (QED) is 0.839. The van der Waals surface area contributed by atoms with E-state index in [1.807, 2.05) is 0 Å². The van der Waals surface area contributed by atoms with E-state index in [0.29, 0.717) is 6.54 Å². The molecule has 2 aliphatic heterocycles. The summed E-state index contributed by atoms with van der Waals surface area (Å²) in [5.74, 6) is -0.424. The van der Waals surface area contributed by atoms with Gasteiger partial charge in [0, 0.05) is 25.1 Å². The molecule has 4 rings (SSSR count). The van der Waals surface area contributed by atoms with E-state index in [1.165, 1.54) is 12.5 Å². The first-order valence-electron chi connectivity index (χ1n) is 8.83. The summed E-state index contributed by atoms with van der Waals surface area (Å²) in [4.78, 5) is 14.5. The highest BCUT2D eigenvalue weighted by atomic mass is 19.2. The zero-order valence-corrected chi connectivity index (χ0v) is 13.9. The van der Waals surface area contributed by atoms with Gasteiger partial charge in [-0.3, -0.25) is 4.79 Å². The predicted molar refractivity (Wildman–Crippen MR) is 86.9 cm³/mol. The van der Waals surface area contributed by atoms with Crippen LogP contribution in [-0.2, 0) is 13.0 Å². The Bertz CT molecular complexity index is 804. The second kappa shape index (κ2) is 6.54. The van der Waals surface area contributed by atoms with Gasteiger partial charge in [-0.25, -0.2) is 8.78 Å². The number of fused-ring (bicyclic) bond motifs is 1. The number of amides is 1. The van der Waals surface area contributed by atoms with E-state index in [0.717, 1.165) is 62.4 Å². The van der Waals surface area contributed by atoms with Gasteiger partial charge in [-0.05, 0) is 43.9 Å². The third-order valence-corrected chi connectivity index (χ3v) is 5.12. The fraction of sp³-hybridized carbons (Fsp3) is 0.500. The van der Waals surface area contributed by atoms with Crippen LogP contribution in [-0.4, -0.2) is 32.1 Å². The fourth-order valence-corrected chi connectivity index (χ4v) is 3.83. The molecule has 132 valence electrons. The predicted octanol–water partition coefficient (Wildman–Crippen LogP) is 3.26. The maximum Gasteiger partial charge on any atom is 0.254 e. The molecule has 0 spiro atoms. The molecule has 0 saturated carbocycles. The average molecular weight is 346 g/mol. The van der Waals surface area contributed by atoms with Crippen LogP contribution in [0.1, 0.15) is 60.2 Å². The van der Waals surface area contributed by atoms with Gasteiger partial charge in [-0.2, -0.15) is 0 Å². The van der Waals surface area contributed by atoms with Crippen molar-refractivity contribution in [1.29, 1.82) is 0 Å². The third-order valence-electron chi connectivity index (χ3n) is 5.12. The van der Waals surface area contributed by atoms with Gasteiger partial charge in [0.1, 0.15) is 5.82 Å². The first-order chi connectivity index (χ1) is 12.1. The van der Waals surface area contributed by atoms with E-state index < -0.39 is 11.6 Å². The third kappa shape index (κ3) is 2.92. The summed E-state index contributed by atoms with van der Waals surface area (Å²) in [5, 5.41) is 8.68. The minimum Gasteiger partial charge on any atom is -0.328 e. The molecule has 1 fully saturated rings. The first kappa shape index (κ1) is 16.2. The number of hydrogen-bond donors (Lipinski definition) is 0. The van der Waals surface area contributed by atoms with Crippen LogP contribution in [0.25, 0.3) is 0 Å². The highest BCUT2D eigenvalue weighted by molar-refractivity contribution is 5.94. The molecule has 1 unspecified atom stereocenters. The lowest BCUT2D eigenvalue weighted by molar-refractivity contribution is 0.0726. The molecule has 1 aromatic carbocycles. The van der Waals surface area contributed by atoms with Crippen LogP contribution in [0.2, 0.25) is 0 Å². The van der Waals surface area contributed by atoms with Gasteiger partial charge in [0.25, 0.3) is 5.91 Å². The molecule has 2 aliphatic rings. The van der Waals surface area contributed by atoms with Crippen LogP contribution in [0.3, 0.4) is 0 Å². The Balaban J connectivity index is 1.63. The van der Waals surface area contributed by atoms with Gasteiger partial charge >= 0.3 is 0 Å². The lowest BCUT2D eigenvalue weighted by Crippen LogP contribution is -2.32. The Hall–Kier alpha value is -2.31. The summed E-state index contributed by atoms with van der Waals surface area (Å²) in [7, 11) is 0. The van der Waals surface area contributed by atoms with Crippen molar-refractivity contribution < 1.29 is 13.6 Å². The zero-order valence-electron chi connectivity index (χ0n) is 13.9.